The Morgan fingerprint density at radius 3 is 2.73 bits per heavy atom. The van der Waals surface area contributed by atoms with Gasteiger partial charge in [0.05, 0.1) is 0 Å². The molecule has 0 aliphatic heterocycles. The first-order valence-corrected chi connectivity index (χ1v) is 5.12. The molecule has 1 rings (SSSR count). The summed E-state index contributed by atoms with van der Waals surface area (Å²) < 4.78 is 4.89. The highest BCUT2D eigenvalue weighted by atomic mass is 35.5. The van der Waals surface area contributed by atoms with Gasteiger partial charge in [-0.1, -0.05) is 23.2 Å². The smallest absolute Gasteiger partial charge is 0.226 e. The third kappa shape index (κ3) is 3.70. The van der Waals surface area contributed by atoms with Gasteiger partial charge in [-0.25, -0.2) is 0 Å². The van der Waals surface area contributed by atoms with Crippen LogP contribution in [0, 0.1) is 0 Å². The van der Waals surface area contributed by atoms with Gasteiger partial charge < -0.3 is 15.8 Å². The number of methoxy groups -OCH3 is 1. The van der Waals surface area contributed by atoms with E-state index in [4.69, 9.17) is 33.7 Å². The number of nitrogen functional groups attached to an aromatic ring is 1. The Morgan fingerprint density at radius 1 is 1.40 bits per heavy atom. The van der Waals surface area contributed by atoms with Crippen LogP contribution in [0.25, 0.3) is 0 Å². The lowest BCUT2D eigenvalue weighted by Gasteiger charge is -2.06. The Labute approximate surface area is 97.9 Å². The van der Waals surface area contributed by atoms with Crippen molar-refractivity contribution >= 4 is 35.0 Å². The minimum atomic E-state index is 0.151. The molecule has 84 valence electrons. The van der Waals surface area contributed by atoms with Crippen LogP contribution in [0.4, 0.5) is 11.8 Å². The third-order valence-electron chi connectivity index (χ3n) is 1.64. The number of aromatic nitrogens is 2. The predicted octanol–water partition coefficient (Wildman–Crippen LogP) is 1.81. The Kier molecular flexibility index (Phi) is 4.87. The molecule has 0 bridgehead atoms. The van der Waals surface area contributed by atoms with E-state index in [1.54, 1.807) is 7.11 Å². The van der Waals surface area contributed by atoms with E-state index in [1.807, 2.05) is 0 Å². The molecule has 0 aromatic carbocycles. The molecule has 0 spiro atoms. The SMILES string of the molecule is COCCCNc1nc(N)c(Cl)c(Cl)n1. The van der Waals surface area contributed by atoms with Crippen molar-refractivity contribution in [2.45, 2.75) is 6.42 Å². The lowest BCUT2D eigenvalue weighted by molar-refractivity contribution is 0.197. The summed E-state index contributed by atoms with van der Waals surface area (Å²) in [6, 6.07) is 0. The molecular weight excluding hydrogens is 239 g/mol. The van der Waals surface area contributed by atoms with Crippen molar-refractivity contribution < 1.29 is 4.74 Å². The zero-order valence-corrected chi connectivity index (χ0v) is 9.77. The molecule has 7 heteroatoms. The number of anilines is 2. The van der Waals surface area contributed by atoms with Crippen molar-refractivity contribution in [1.29, 1.82) is 0 Å². The first kappa shape index (κ1) is 12.3. The summed E-state index contributed by atoms with van der Waals surface area (Å²) in [4.78, 5) is 7.85. The van der Waals surface area contributed by atoms with Crippen LogP contribution in [-0.4, -0.2) is 30.2 Å². The summed E-state index contributed by atoms with van der Waals surface area (Å²) in [5.41, 5.74) is 5.52. The van der Waals surface area contributed by atoms with E-state index >= 15 is 0 Å². The predicted molar refractivity (Wildman–Crippen MR) is 61.4 cm³/mol. The van der Waals surface area contributed by atoms with Crippen molar-refractivity contribution in [1.82, 2.24) is 9.97 Å². The molecule has 0 unspecified atom stereocenters. The van der Waals surface area contributed by atoms with Crippen LogP contribution in [0.15, 0.2) is 0 Å². The second-order valence-corrected chi connectivity index (χ2v) is 3.55. The second-order valence-electron chi connectivity index (χ2n) is 2.81. The van der Waals surface area contributed by atoms with Crippen LogP contribution in [-0.2, 0) is 4.74 Å². The molecule has 5 nitrogen and oxygen atoms in total. The first-order valence-electron chi connectivity index (χ1n) is 4.36. The summed E-state index contributed by atoms with van der Waals surface area (Å²) >= 11 is 11.4. The molecule has 1 heterocycles. The molecule has 0 radical (unpaired) electrons. The summed E-state index contributed by atoms with van der Waals surface area (Å²) in [6.45, 7) is 1.36. The van der Waals surface area contributed by atoms with Crippen LogP contribution in [0.1, 0.15) is 6.42 Å². The van der Waals surface area contributed by atoms with Gasteiger partial charge >= 0.3 is 0 Å². The minimum absolute atomic E-state index is 0.151. The summed E-state index contributed by atoms with van der Waals surface area (Å²) in [7, 11) is 1.65. The van der Waals surface area contributed by atoms with Gasteiger partial charge in [-0.05, 0) is 6.42 Å². The highest BCUT2D eigenvalue weighted by molar-refractivity contribution is 6.42. The van der Waals surface area contributed by atoms with Crippen molar-refractivity contribution in [2.75, 3.05) is 31.3 Å². The van der Waals surface area contributed by atoms with Crippen molar-refractivity contribution in [3.05, 3.63) is 10.2 Å². The Morgan fingerprint density at radius 2 is 2.13 bits per heavy atom. The number of halogens is 2. The zero-order valence-electron chi connectivity index (χ0n) is 8.26. The van der Waals surface area contributed by atoms with Gasteiger partial charge in [0.25, 0.3) is 0 Å². The number of nitrogens with zero attached hydrogens (tertiary/aromatic N) is 2. The van der Waals surface area contributed by atoms with E-state index in [9.17, 15) is 0 Å². The second kappa shape index (κ2) is 5.95. The van der Waals surface area contributed by atoms with Crippen LogP contribution < -0.4 is 11.1 Å². The maximum absolute atomic E-state index is 5.73. The maximum Gasteiger partial charge on any atom is 0.226 e. The van der Waals surface area contributed by atoms with E-state index in [0.29, 0.717) is 19.1 Å². The van der Waals surface area contributed by atoms with E-state index in [-0.39, 0.29) is 16.0 Å². The van der Waals surface area contributed by atoms with Gasteiger partial charge in [-0.2, -0.15) is 9.97 Å². The monoisotopic (exact) mass is 250 g/mol. The highest BCUT2D eigenvalue weighted by Crippen LogP contribution is 2.25. The minimum Gasteiger partial charge on any atom is -0.385 e. The fourth-order valence-electron chi connectivity index (χ4n) is 0.932. The zero-order chi connectivity index (χ0) is 11.3. The average Bonchev–Trinajstić information content (AvgIpc) is 2.21. The molecule has 0 saturated carbocycles. The summed E-state index contributed by atoms with van der Waals surface area (Å²) in [5, 5.41) is 3.29. The maximum atomic E-state index is 5.73. The van der Waals surface area contributed by atoms with Crippen LogP contribution in [0.2, 0.25) is 10.2 Å². The molecule has 0 amide bonds. The molecule has 0 fully saturated rings. The molecule has 3 N–H and O–H groups in total. The van der Waals surface area contributed by atoms with Crippen LogP contribution in [0.3, 0.4) is 0 Å². The molecule has 15 heavy (non-hydrogen) atoms. The van der Waals surface area contributed by atoms with Crippen molar-refractivity contribution in [3.63, 3.8) is 0 Å². The average molecular weight is 251 g/mol. The largest absolute Gasteiger partial charge is 0.385 e. The number of rotatable bonds is 5. The van der Waals surface area contributed by atoms with E-state index < -0.39 is 0 Å². The van der Waals surface area contributed by atoms with Gasteiger partial charge in [0.2, 0.25) is 5.95 Å². The fraction of sp³-hybridized carbons (Fsp3) is 0.500. The highest BCUT2D eigenvalue weighted by Gasteiger charge is 2.07. The Balaban J connectivity index is 2.55. The van der Waals surface area contributed by atoms with Crippen LogP contribution in [0.5, 0.6) is 0 Å². The summed E-state index contributed by atoms with van der Waals surface area (Å²) in [6.07, 6.45) is 0.847. The van der Waals surface area contributed by atoms with Crippen molar-refractivity contribution in [2.24, 2.45) is 0 Å². The van der Waals surface area contributed by atoms with Gasteiger partial charge in [0, 0.05) is 20.3 Å². The lowest BCUT2D eigenvalue weighted by atomic mass is 10.4. The van der Waals surface area contributed by atoms with Gasteiger partial charge in [-0.15, -0.1) is 0 Å². The van der Waals surface area contributed by atoms with E-state index in [1.165, 1.54) is 0 Å². The molecule has 0 atom stereocenters. The molecule has 0 saturated heterocycles. The number of hydrogen-bond acceptors (Lipinski definition) is 5. The molecule has 1 aromatic rings. The number of nitrogens with two attached hydrogens (primary N) is 1. The number of ether oxygens (including phenoxy) is 1. The topological polar surface area (TPSA) is 73.1 Å². The summed E-state index contributed by atoms with van der Waals surface area (Å²) in [5.74, 6) is 0.545. The standard InChI is InChI=1S/C8H12Cl2N4O/c1-15-4-2-3-12-8-13-6(10)5(9)7(11)14-8/h2-4H2,1H3,(H3,11,12,13,14). The van der Waals surface area contributed by atoms with Crippen molar-refractivity contribution in [3.8, 4) is 0 Å². The normalized spacial score (nSPS) is 10.3. The Bertz CT molecular complexity index is 311. The van der Waals surface area contributed by atoms with Gasteiger partial charge in [0.1, 0.15) is 10.8 Å². The van der Waals surface area contributed by atoms with Gasteiger partial charge in [0.15, 0.2) is 5.15 Å². The Hall–Kier alpha value is -0.780. The lowest BCUT2D eigenvalue weighted by Crippen LogP contribution is -2.09. The quantitative estimate of drug-likeness (QED) is 0.616. The van der Waals surface area contributed by atoms with Crippen LogP contribution >= 0.6 is 23.2 Å². The van der Waals surface area contributed by atoms with E-state index in [0.717, 1.165) is 6.42 Å². The first-order chi connectivity index (χ1) is 7.15. The molecular formula is C8H12Cl2N4O. The molecule has 0 aliphatic carbocycles. The molecule has 0 aliphatic rings. The fourth-order valence-corrected chi connectivity index (χ4v) is 1.19. The molecule has 1 aromatic heterocycles. The number of hydrogen-bond donors (Lipinski definition) is 2. The number of nitrogens with one attached hydrogen (secondary N) is 1. The van der Waals surface area contributed by atoms with Gasteiger partial charge in [-0.3, -0.25) is 0 Å². The van der Waals surface area contributed by atoms with E-state index in [2.05, 4.69) is 15.3 Å². The third-order valence-corrected chi connectivity index (χ3v) is 2.39.